The Hall–Kier alpha value is -3.41. The Labute approximate surface area is 151 Å². The van der Waals surface area contributed by atoms with Crippen LogP contribution in [0.25, 0.3) is 5.69 Å². The highest BCUT2D eigenvalue weighted by atomic mass is 16.6. The number of rotatable bonds is 5. The molecule has 1 aromatic heterocycles. The highest BCUT2D eigenvalue weighted by Crippen LogP contribution is 2.27. The number of nitrogens with zero attached hydrogens (tertiary/aromatic N) is 3. The maximum absolute atomic E-state index is 11.0. The van der Waals surface area contributed by atoms with Crippen molar-refractivity contribution in [3.05, 3.63) is 81.7 Å². The number of non-ortho nitro benzene ring substituents is 1. The van der Waals surface area contributed by atoms with Crippen molar-refractivity contribution < 1.29 is 9.66 Å². The van der Waals surface area contributed by atoms with E-state index in [4.69, 9.17) is 4.74 Å². The Morgan fingerprint density at radius 1 is 1.12 bits per heavy atom. The van der Waals surface area contributed by atoms with E-state index in [1.807, 2.05) is 54.8 Å². The molecule has 0 atom stereocenters. The number of ether oxygens (including phenoxy) is 1. The summed E-state index contributed by atoms with van der Waals surface area (Å²) in [6.07, 6.45) is 1.79. The van der Waals surface area contributed by atoms with Crippen molar-refractivity contribution in [3.8, 4) is 11.4 Å². The molecule has 0 spiro atoms. The first kappa shape index (κ1) is 17.4. The van der Waals surface area contributed by atoms with Gasteiger partial charge in [0.25, 0.3) is 5.69 Å². The molecule has 3 aromatic rings. The van der Waals surface area contributed by atoms with Crippen LogP contribution < -0.4 is 4.74 Å². The van der Waals surface area contributed by atoms with Crippen LogP contribution in [-0.2, 0) is 0 Å². The van der Waals surface area contributed by atoms with Crippen molar-refractivity contribution in [2.45, 2.75) is 13.8 Å². The fraction of sp³-hybridized carbons (Fsp3) is 0.150. The van der Waals surface area contributed by atoms with Crippen molar-refractivity contribution in [2.75, 3.05) is 7.11 Å². The van der Waals surface area contributed by atoms with E-state index in [9.17, 15) is 10.1 Å². The van der Waals surface area contributed by atoms with Crippen LogP contribution in [-0.4, -0.2) is 22.8 Å². The first-order valence-electron chi connectivity index (χ1n) is 8.12. The van der Waals surface area contributed by atoms with Crippen molar-refractivity contribution >= 4 is 17.6 Å². The number of benzene rings is 2. The summed E-state index contributed by atoms with van der Waals surface area (Å²) in [4.78, 5) is 15.2. The van der Waals surface area contributed by atoms with Crippen LogP contribution in [0.3, 0.4) is 0 Å². The SMILES string of the molecule is COc1ccccc1N=Cc1cc(C)n(-c2cccc([N+](=O)[O-])c2)c1C. The molecule has 6 nitrogen and oxygen atoms in total. The van der Waals surface area contributed by atoms with Gasteiger partial charge in [-0.2, -0.15) is 0 Å². The van der Waals surface area contributed by atoms with Gasteiger partial charge in [-0.05, 0) is 38.1 Å². The van der Waals surface area contributed by atoms with E-state index in [2.05, 4.69) is 4.99 Å². The minimum absolute atomic E-state index is 0.0687. The van der Waals surface area contributed by atoms with Crippen LogP contribution in [0.15, 0.2) is 59.6 Å². The highest BCUT2D eigenvalue weighted by Gasteiger charge is 2.13. The third kappa shape index (κ3) is 3.35. The number of aryl methyl sites for hydroxylation is 1. The largest absolute Gasteiger partial charge is 0.494 e. The van der Waals surface area contributed by atoms with Crippen LogP contribution in [0.5, 0.6) is 5.75 Å². The molecule has 0 amide bonds. The average Bonchev–Trinajstić information content (AvgIpc) is 2.93. The normalized spacial score (nSPS) is 11.0. The van der Waals surface area contributed by atoms with E-state index in [1.54, 1.807) is 25.5 Å². The molecule has 0 fully saturated rings. The molecule has 3 rings (SSSR count). The molecule has 0 unspecified atom stereocenters. The minimum atomic E-state index is -0.387. The van der Waals surface area contributed by atoms with Gasteiger partial charge in [-0.15, -0.1) is 0 Å². The predicted octanol–water partition coefficient (Wildman–Crippen LogP) is 4.76. The van der Waals surface area contributed by atoms with Gasteiger partial charge in [-0.25, -0.2) is 0 Å². The van der Waals surface area contributed by atoms with E-state index < -0.39 is 0 Å². The Morgan fingerprint density at radius 3 is 2.62 bits per heavy atom. The zero-order valence-corrected chi connectivity index (χ0v) is 14.8. The van der Waals surface area contributed by atoms with Crippen molar-refractivity contribution in [3.63, 3.8) is 0 Å². The Kier molecular flexibility index (Phi) is 4.84. The molecular weight excluding hydrogens is 330 g/mol. The molecule has 0 aliphatic heterocycles. The van der Waals surface area contributed by atoms with E-state index in [1.165, 1.54) is 6.07 Å². The standard InChI is InChI=1S/C20H19N3O3/c1-14-11-16(13-21-19-9-4-5-10-20(19)26-3)15(2)22(14)17-7-6-8-18(12-17)23(24)25/h4-13H,1-3H3. The minimum Gasteiger partial charge on any atom is -0.494 e. The molecule has 0 saturated heterocycles. The monoisotopic (exact) mass is 349 g/mol. The fourth-order valence-electron chi connectivity index (χ4n) is 2.94. The average molecular weight is 349 g/mol. The molecule has 0 saturated carbocycles. The van der Waals surface area contributed by atoms with Gasteiger partial charge in [0.15, 0.2) is 0 Å². The van der Waals surface area contributed by atoms with Gasteiger partial charge in [-0.1, -0.05) is 18.2 Å². The number of para-hydroxylation sites is 2. The topological polar surface area (TPSA) is 69.7 Å². The fourth-order valence-corrected chi connectivity index (χ4v) is 2.94. The summed E-state index contributed by atoms with van der Waals surface area (Å²) in [5, 5.41) is 11.0. The zero-order chi connectivity index (χ0) is 18.7. The second-order valence-corrected chi connectivity index (χ2v) is 5.87. The molecule has 132 valence electrons. The Morgan fingerprint density at radius 2 is 1.88 bits per heavy atom. The Balaban J connectivity index is 2.00. The van der Waals surface area contributed by atoms with Gasteiger partial charge in [0.05, 0.1) is 17.7 Å². The molecular formula is C20H19N3O3. The predicted molar refractivity (Wildman–Crippen MR) is 102 cm³/mol. The van der Waals surface area contributed by atoms with Crippen molar-refractivity contribution in [1.29, 1.82) is 0 Å². The lowest BCUT2D eigenvalue weighted by Crippen LogP contribution is -2.00. The van der Waals surface area contributed by atoms with Gasteiger partial charge in [0.1, 0.15) is 11.4 Å². The number of nitro groups is 1. The lowest BCUT2D eigenvalue weighted by Gasteiger charge is -2.09. The van der Waals surface area contributed by atoms with E-state index in [0.717, 1.165) is 28.3 Å². The molecule has 0 bridgehead atoms. The maximum Gasteiger partial charge on any atom is 0.271 e. The molecule has 0 N–H and O–H groups in total. The molecule has 0 radical (unpaired) electrons. The quantitative estimate of drug-likeness (QED) is 0.379. The smallest absolute Gasteiger partial charge is 0.271 e. The van der Waals surface area contributed by atoms with Crippen LogP contribution in [0.1, 0.15) is 17.0 Å². The molecule has 0 aliphatic rings. The van der Waals surface area contributed by atoms with Crippen LogP contribution in [0.2, 0.25) is 0 Å². The lowest BCUT2D eigenvalue weighted by atomic mass is 10.2. The Bertz CT molecular complexity index is 990. The number of aliphatic imine (C=N–C) groups is 1. The first-order valence-corrected chi connectivity index (χ1v) is 8.12. The number of methoxy groups -OCH3 is 1. The summed E-state index contributed by atoms with van der Waals surface area (Å²) in [6.45, 7) is 3.93. The number of hydrogen-bond acceptors (Lipinski definition) is 4. The summed E-state index contributed by atoms with van der Waals surface area (Å²) in [7, 11) is 1.61. The van der Waals surface area contributed by atoms with Gasteiger partial charge < -0.3 is 9.30 Å². The number of hydrogen-bond donors (Lipinski definition) is 0. The number of nitro benzene ring substituents is 1. The summed E-state index contributed by atoms with van der Waals surface area (Å²) < 4.78 is 7.30. The molecule has 6 heteroatoms. The molecule has 0 aliphatic carbocycles. The zero-order valence-electron chi connectivity index (χ0n) is 14.8. The molecule has 26 heavy (non-hydrogen) atoms. The van der Waals surface area contributed by atoms with E-state index >= 15 is 0 Å². The summed E-state index contributed by atoms with van der Waals surface area (Å²) in [5.74, 6) is 0.705. The third-order valence-electron chi connectivity index (χ3n) is 4.20. The van der Waals surface area contributed by atoms with Crippen molar-refractivity contribution in [1.82, 2.24) is 4.57 Å². The van der Waals surface area contributed by atoms with Crippen LogP contribution in [0, 0.1) is 24.0 Å². The third-order valence-corrected chi connectivity index (χ3v) is 4.20. The van der Waals surface area contributed by atoms with Gasteiger partial charge in [0, 0.05) is 35.3 Å². The first-order chi connectivity index (χ1) is 12.5. The van der Waals surface area contributed by atoms with Gasteiger partial charge >= 0.3 is 0 Å². The maximum atomic E-state index is 11.0. The van der Waals surface area contributed by atoms with Crippen LogP contribution >= 0.6 is 0 Å². The van der Waals surface area contributed by atoms with Crippen LogP contribution in [0.4, 0.5) is 11.4 Å². The summed E-state index contributed by atoms with van der Waals surface area (Å²) in [5.41, 5.74) is 4.45. The van der Waals surface area contributed by atoms with E-state index in [0.29, 0.717) is 5.75 Å². The van der Waals surface area contributed by atoms with Crippen molar-refractivity contribution in [2.24, 2.45) is 4.99 Å². The van der Waals surface area contributed by atoms with Gasteiger partial charge in [-0.3, -0.25) is 15.1 Å². The van der Waals surface area contributed by atoms with Gasteiger partial charge in [0.2, 0.25) is 0 Å². The lowest BCUT2D eigenvalue weighted by molar-refractivity contribution is -0.384. The highest BCUT2D eigenvalue weighted by molar-refractivity contribution is 5.85. The summed E-state index contributed by atoms with van der Waals surface area (Å²) in [6, 6.07) is 16.2. The second-order valence-electron chi connectivity index (χ2n) is 5.87. The van der Waals surface area contributed by atoms with E-state index in [-0.39, 0.29) is 10.6 Å². The number of aromatic nitrogens is 1. The molecule has 1 heterocycles. The molecule has 2 aromatic carbocycles. The summed E-state index contributed by atoms with van der Waals surface area (Å²) >= 11 is 0. The second kappa shape index (κ2) is 7.23.